The molecule has 0 spiro atoms. The van der Waals surface area contributed by atoms with Crippen LogP contribution in [0.3, 0.4) is 0 Å². The number of H-pyrrole nitrogens is 1. The number of carboxylic acids is 1. The second-order valence-corrected chi connectivity index (χ2v) is 4.69. The smallest absolute Gasteiger partial charge is 0.352 e. The van der Waals surface area contributed by atoms with E-state index in [2.05, 4.69) is 4.98 Å². The van der Waals surface area contributed by atoms with Gasteiger partial charge >= 0.3 is 11.9 Å². The van der Waals surface area contributed by atoms with Crippen LogP contribution in [-0.4, -0.2) is 22.0 Å². The molecule has 0 unspecified atom stereocenters. The van der Waals surface area contributed by atoms with E-state index in [9.17, 15) is 9.59 Å². The predicted octanol–water partition coefficient (Wildman–Crippen LogP) is 2.03. The highest BCUT2D eigenvalue weighted by Gasteiger charge is 2.38. The summed E-state index contributed by atoms with van der Waals surface area (Å²) in [6, 6.07) is 3.10. The van der Waals surface area contributed by atoms with Crippen molar-refractivity contribution in [1.82, 2.24) is 4.98 Å². The summed E-state index contributed by atoms with van der Waals surface area (Å²) in [5, 5.41) is 8.75. The molecule has 0 atom stereocenters. The van der Waals surface area contributed by atoms with Crippen molar-refractivity contribution in [3.05, 3.63) is 29.3 Å². The van der Waals surface area contributed by atoms with Crippen LogP contribution in [0.2, 0.25) is 0 Å². The van der Waals surface area contributed by atoms with Crippen LogP contribution in [-0.2, 0) is 9.53 Å². The lowest BCUT2D eigenvalue weighted by Crippen LogP contribution is -2.16. The number of carboxylic acid groups (broad SMARTS) is 1. The van der Waals surface area contributed by atoms with Gasteiger partial charge in [0.05, 0.1) is 5.41 Å². The number of aromatic amines is 1. The molecule has 5 nitrogen and oxygen atoms in total. The molecule has 0 amide bonds. The van der Waals surface area contributed by atoms with E-state index in [1.807, 2.05) is 13.8 Å². The van der Waals surface area contributed by atoms with Crippen molar-refractivity contribution in [2.24, 2.45) is 5.41 Å². The van der Waals surface area contributed by atoms with Gasteiger partial charge in [0.15, 0.2) is 0 Å². The Kier molecular flexibility index (Phi) is 2.53. The first-order valence-corrected chi connectivity index (χ1v) is 5.24. The summed E-state index contributed by atoms with van der Waals surface area (Å²) < 4.78 is 5.11. The monoisotopic (exact) mass is 235 g/mol. The van der Waals surface area contributed by atoms with E-state index in [1.54, 1.807) is 12.1 Å². The van der Waals surface area contributed by atoms with Gasteiger partial charge in [-0.05, 0) is 26.0 Å². The molecule has 0 aliphatic carbocycles. The van der Waals surface area contributed by atoms with Gasteiger partial charge in [-0.15, -0.1) is 0 Å². The fraction of sp³-hybridized carbons (Fsp3) is 0.333. The molecule has 0 aromatic carbocycles. The molecule has 17 heavy (non-hydrogen) atoms. The van der Waals surface area contributed by atoms with Gasteiger partial charge < -0.3 is 14.8 Å². The Morgan fingerprint density at radius 1 is 1.53 bits per heavy atom. The van der Waals surface area contributed by atoms with Crippen LogP contribution < -0.4 is 0 Å². The molecule has 1 aliphatic rings. The Hall–Kier alpha value is -2.04. The van der Waals surface area contributed by atoms with Crippen molar-refractivity contribution in [1.29, 1.82) is 0 Å². The molecule has 2 N–H and O–H groups in total. The topological polar surface area (TPSA) is 79.4 Å². The lowest BCUT2D eigenvalue weighted by molar-refractivity contribution is -0.142. The van der Waals surface area contributed by atoms with E-state index < -0.39 is 11.4 Å². The molecular formula is C12H13NO4. The van der Waals surface area contributed by atoms with Crippen LogP contribution in [0.15, 0.2) is 17.9 Å². The third-order valence-corrected chi connectivity index (χ3v) is 2.65. The zero-order chi connectivity index (χ0) is 12.6. The summed E-state index contributed by atoms with van der Waals surface area (Å²) in [5.41, 5.74) is 0.219. The number of rotatable bonds is 2. The first-order valence-electron chi connectivity index (χ1n) is 5.24. The molecule has 1 aromatic heterocycles. The van der Waals surface area contributed by atoms with Crippen molar-refractivity contribution < 1.29 is 19.4 Å². The number of esters is 1. The Bertz CT molecular complexity index is 510. The number of hydrogen-bond donors (Lipinski definition) is 2. The van der Waals surface area contributed by atoms with Crippen molar-refractivity contribution >= 4 is 18.0 Å². The maximum atomic E-state index is 11.4. The number of ether oxygens (including phenoxy) is 1. The number of hydrogen-bond acceptors (Lipinski definition) is 3. The second-order valence-electron chi connectivity index (χ2n) is 4.69. The number of carbonyl (C=O) groups is 2. The third-order valence-electron chi connectivity index (χ3n) is 2.65. The summed E-state index contributed by atoms with van der Waals surface area (Å²) >= 11 is 0. The molecule has 2 heterocycles. The van der Waals surface area contributed by atoms with Crippen LogP contribution in [0, 0.1) is 5.41 Å². The molecule has 1 aliphatic heterocycles. The van der Waals surface area contributed by atoms with Gasteiger partial charge in [0.2, 0.25) is 0 Å². The number of carbonyl (C=O) groups excluding carboxylic acids is 1. The fourth-order valence-corrected chi connectivity index (χ4v) is 1.68. The highest BCUT2D eigenvalue weighted by atomic mass is 16.5. The molecule has 0 saturated carbocycles. The molecule has 2 rings (SSSR count). The van der Waals surface area contributed by atoms with E-state index >= 15 is 0 Å². The van der Waals surface area contributed by atoms with Crippen molar-refractivity contribution in [3.63, 3.8) is 0 Å². The maximum absolute atomic E-state index is 11.4. The second kappa shape index (κ2) is 3.76. The minimum absolute atomic E-state index is 0.112. The summed E-state index contributed by atoms with van der Waals surface area (Å²) in [4.78, 5) is 24.8. The summed E-state index contributed by atoms with van der Waals surface area (Å²) in [6.45, 7) is 3.63. The van der Waals surface area contributed by atoms with E-state index in [4.69, 9.17) is 9.84 Å². The van der Waals surface area contributed by atoms with Gasteiger partial charge in [0, 0.05) is 18.2 Å². The third kappa shape index (κ3) is 2.22. The largest absolute Gasteiger partial charge is 0.477 e. The van der Waals surface area contributed by atoms with Gasteiger partial charge in [-0.2, -0.15) is 0 Å². The van der Waals surface area contributed by atoms with Crippen molar-refractivity contribution in [3.8, 4) is 0 Å². The number of allylic oxidation sites excluding steroid dienone is 1. The predicted molar refractivity (Wildman–Crippen MR) is 60.2 cm³/mol. The average molecular weight is 235 g/mol. The maximum Gasteiger partial charge on any atom is 0.352 e. The van der Waals surface area contributed by atoms with Gasteiger partial charge in [-0.1, -0.05) is 0 Å². The number of nitrogens with one attached hydrogen (secondary N) is 1. The van der Waals surface area contributed by atoms with Gasteiger partial charge in [-0.25, -0.2) is 4.79 Å². The SMILES string of the molecule is CC1(C)C/C(=C\c2ccc(C(=O)O)[nH]2)OC1=O. The Morgan fingerprint density at radius 3 is 2.71 bits per heavy atom. The number of cyclic esters (lactones) is 1. The van der Waals surface area contributed by atoms with E-state index in [0.29, 0.717) is 17.9 Å². The lowest BCUT2D eigenvalue weighted by Gasteiger charge is -2.07. The first-order chi connectivity index (χ1) is 7.88. The van der Waals surface area contributed by atoms with Crippen molar-refractivity contribution in [2.75, 3.05) is 0 Å². The minimum atomic E-state index is -1.02. The molecule has 1 fully saturated rings. The molecule has 90 valence electrons. The molecule has 0 radical (unpaired) electrons. The number of aromatic carboxylic acids is 1. The minimum Gasteiger partial charge on any atom is -0.477 e. The molecule has 0 bridgehead atoms. The highest BCUT2D eigenvalue weighted by Crippen LogP contribution is 2.35. The normalized spacial score (nSPS) is 20.6. The fourth-order valence-electron chi connectivity index (χ4n) is 1.68. The summed E-state index contributed by atoms with van der Waals surface area (Å²) in [5.74, 6) is -0.717. The highest BCUT2D eigenvalue weighted by molar-refractivity contribution is 5.86. The van der Waals surface area contributed by atoms with Crippen LogP contribution in [0.1, 0.15) is 36.5 Å². The Labute approximate surface area is 98.1 Å². The molecule has 5 heteroatoms. The Morgan fingerprint density at radius 2 is 2.24 bits per heavy atom. The van der Waals surface area contributed by atoms with Crippen LogP contribution in [0.4, 0.5) is 0 Å². The summed E-state index contributed by atoms with van der Waals surface area (Å²) in [7, 11) is 0. The number of aromatic nitrogens is 1. The standard InChI is InChI=1S/C12H13NO4/c1-12(2)6-8(17-11(12)16)5-7-3-4-9(13-7)10(14)15/h3-5,13H,6H2,1-2H3,(H,14,15)/b8-5+. The first kappa shape index (κ1) is 11.4. The summed E-state index contributed by atoms with van der Waals surface area (Å²) in [6.07, 6.45) is 2.17. The van der Waals surface area contributed by atoms with Gasteiger partial charge in [-0.3, -0.25) is 4.79 Å². The quantitative estimate of drug-likeness (QED) is 0.768. The Balaban J connectivity index is 2.20. The van der Waals surface area contributed by atoms with Gasteiger partial charge in [0.25, 0.3) is 0 Å². The molecule has 1 saturated heterocycles. The van der Waals surface area contributed by atoms with Gasteiger partial charge in [0.1, 0.15) is 11.5 Å². The average Bonchev–Trinajstić information content (AvgIpc) is 2.73. The van der Waals surface area contributed by atoms with Crippen LogP contribution >= 0.6 is 0 Å². The van der Waals surface area contributed by atoms with Crippen LogP contribution in [0.5, 0.6) is 0 Å². The van der Waals surface area contributed by atoms with Crippen molar-refractivity contribution in [2.45, 2.75) is 20.3 Å². The zero-order valence-electron chi connectivity index (χ0n) is 9.61. The lowest BCUT2D eigenvalue weighted by atomic mass is 9.91. The molecular weight excluding hydrogens is 222 g/mol. The zero-order valence-corrected chi connectivity index (χ0v) is 9.61. The van der Waals surface area contributed by atoms with E-state index in [1.165, 1.54) is 6.07 Å². The molecule has 1 aromatic rings. The van der Waals surface area contributed by atoms with Crippen LogP contribution in [0.25, 0.3) is 6.08 Å². The van der Waals surface area contributed by atoms with E-state index in [-0.39, 0.29) is 11.7 Å². The van der Waals surface area contributed by atoms with E-state index in [0.717, 1.165) is 0 Å².